The average Bonchev–Trinajstić information content (AvgIpc) is 3.02. The first-order valence-corrected chi connectivity index (χ1v) is 14.7. The number of rotatable bonds is 11. The third-order valence-electron chi connectivity index (χ3n) is 7.69. The Morgan fingerprint density at radius 1 is 0.818 bits per heavy atom. The van der Waals surface area contributed by atoms with Gasteiger partial charge in [-0.25, -0.2) is 14.5 Å². The van der Waals surface area contributed by atoms with E-state index in [0.29, 0.717) is 37.6 Å². The van der Waals surface area contributed by atoms with Crippen molar-refractivity contribution in [3.63, 3.8) is 0 Å². The molecule has 4 aromatic carbocycles. The highest BCUT2D eigenvalue weighted by molar-refractivity contribution is 6.01. The molecule has 3 amide bonds. The average molecular weight is 593 g/mol. The molecule has 1 fully saturated rings. The van der Waals surface area contributed by atoms with E-state index in [9.17, 15) is 19.5 Å². The largest absolute Gasteiger partial charge is 0.494 e. The molecular formula is C36H36N2O6. The van der Waals surface area contributed by atoms with Gasteiger partial charge in [-0.15, -0.1) is 0 Å². The number of benzene rings is 4. The van der Waals surface area contributed by atoms with Gasteiger partial charge in [0, 0.05) is 13.1 Å². The summed E-state index contributed by atoms with van der Waals surface area (Å²) in [4.78, 5) is 42.3. The number of carboxylic acid groups (broad SMARTS) is 1. The van der Waals surface area contributed by atoms with Crippen LogP contribution in [0, 0.1) is 19.8 Å². The van der Waals surface area contributed by atoms with Gasteiger partial charge in [-0.2, -0.15) is 0 Å². The number of aryl methyl sites for hydroxylation is 2. The molecule has 0 radical (unpaired) electrons. The molecule has 8 nitrogen and oxygen atoms in total. The quantitative estimate of drug-likeness (QED) is 0.197. The third-order valence-corrected chi connectivity index (χ3v) is 7.69. The molecule has 2 atom stereocenters. The van der Waals surface area contributed by atoms with E-state index in [4.69, 9.17) is 9.47 Å². The molecule has 0 bridgehead atoms. The van der Waals surface area contributed by atoms with Crippen molar-refractivity contribution in [2.45, 2.75) is 46.5 Å². The zero-order valence-corrected chi connectivity index (χ0v) is 25.1. The van der Waals surface area contributed by atoms with Gasteiger partial charge in [0.25, 0.3) is 0 Å². The zero-order valence-electron chi connectivity index (χ0n) is 25.1. The van der Waals surface area contributed by atoms with Gasteiger partial charge in [-0.05, 0) is 74.2 Å². The van der Waals surface area contributed by atoms with E-state index < -0.39 is 24.1 Å². The van der Waals surface area contributed by atoms with Gasteiger partial charge in [-0.1, -0.05) is 77.9 Å². The van der Waals surface area contributed by atoms with Crippen LogP contribution in [0.1, 0.15) is 45.1 Å². The summed E-state index contributed by atoms with van der Waals surface area (Å²) in [7, 11) is 0. The van der Waals surface area contributed by atoms with E-state index >= 15 is 0 Å². The van der Waals surface area contributed by atoms with Crippen LogP contribution in [0.15, 0.2) is 97.1 Å². The van der Waals surface area contributed by atoms with Crippen molar-refractivity contribution in [2.75, 3.05) is 6.61 Å². The zero-order chi connectivity index (χ0) is 31.2. The van der Waals surface area contributed by atoms with Crippen LogP contribution in [0.2, 0.25) is 0 Å². The smallest absolute Gasteiger partial charge is 0.335 e. The van der Waals surface area contributed by atoms with Crippen LogP contribution in [0.25, 0.3) is 0 Å². The molecule has 0 aliphatic carbocycles. The summed E-state index contributed by atoms with van der Waals surface area (Å²) < 4.78 is 12.1. The number of nitrogens with zero attached hydrogens (tertiary/aromatic N) is 2. The number of para-hydroxylation sites is 1. The van der Waals surface area contributed by atoms with Gasteiger partial charge in [-0.3, -0.25) is 4.79 Å². The van der Waals surface area contributed by atoms with E-state index in [2.05, 4.69) is 0 Å². The minimum atomic E-state index is -1.06. The second-order valence-corrected chi connectivity index (χ2v) is 11.0. The molecule has 1 aliphatic rings. The van der Waals surface area contributed by atoms with E-state index in [-0.39, 0.29) is 11.5 Å². The molecule has 1 heterocycles. The summed E-state index contributed by atoms with van der Waals surface area (Å²) >= 11 is 0. The Balaban J connectivity index is 1.46. The van der Waals surface area contributed by atoms with Crippen LogP contribution in [-0.2, 0) is 24.3 Å². The number of aromatic carboxylic acids is 1. The summed E-state index contributed by atoms with van der Waals surface area (Å²) in [5, 5.41) is 9.32. The highest BCUT2D eigenvalue weighted by atomic mass is 16.5. The first kappa shape index (κ1) is 30.4. The molecule has 1 saturated heterocycles. The summed E-state index contributed by atoms with van der Waals surface area (Å²) in [5.41, 5.74) is 5.05. The lowest BCUT2D eigenvalue weighted by Gasteiger charge is -2.46. The Morgan fingerprint density at radius 3 is 1.93 bits per heavy atom. The van der Waals surface area contributed by atoms with E-state index in [1.807, 2.05) is 93.6 Å². The van der Waals surface area contributed by atoms with Crippen molar-refractivity contribution >= 4 is 17.9 Å². The standard InChI is InChI=1S/C36H36N2O6/c1-4-43-32-8-6-5-7-29(32)21-31-33(39)38(34(31)44-30-19-17-28(18-20-30)35(40)41)36(42)37(22-26-13-9-24(2)10-14-26)23-27-15-11-25(3)12-16-27/h5-20,31,34H,4,21-23H2,1-3H3,(H,40,41). The second-order valence-electron chi connectivity index (χ2n) is 11.0. The monoisotopic (exact) mass is 592 g/mol. The molecule has 5 rings (SSSR count). The van der Waals surface area contributed by atoms with Crippen molar-refractivity contribution in [3.8, 4) is 11.5 Å². The van der Waals surface area contributed by atoms with Crippen molar-refractivity contribution in [1.29, 1.82) is 0 Å². The van der Waals surface area contributed by atoms with Gasteiger partial charge in [0.05, 0.1) is 18.1 Å². The maximum absolute atomic E-state index is 14.2. The fourth-order valence-corrected chi connectivity index (χ4v) is 5.24. The molecule has 1 N–H and O–H groups in total. The lowest BCUT2D eigenvalue weighted by Crippen LogP contribution is -2.68. The molecular weight excluding hydrogens is 556 g/mol. The summed E-state index contributed by atoms with van der Waals surface area (Å²) in [6, 6.07) is 28.9. The van der Waals surface area contributed by atoms with E-state index in [1.165, 1.54) is 29.2 Å². The molecule has 0 aromatic heterocycles. The first-order valence-electron chi connectivity index (χ1n) is 14.7. The molecule has 8 heteroatoms. The molecule has 4 aromatic rings. The van der Waals surface area contributed by atoms with Crippen molar-refractivity contribution < 1.29 is 29.0 Å². The summed E-state index contributed by atoms with van der Waals surface area (Å²) in [6.07, 6.45) is -0.592. The molecule has 226 valence electrons. The maximum atomic E-state index is 14.2. The highest BCUT2D eigenvalue weighted by Gasteiger charge is 2.54. The third kappa shape index (κ3) is 6.92. The van der Waals surface area contributed by atoms with Gasteiger partial charge in [0.15, 0.2) is 6.23 Å². The number of hydrogen-bond acceptors (Lipinski definition) is 5. The van der Waals surface area contributed by atoms with Crippen molar-refractivity contribution in [2.24, 2.45) is 5.92 Å². The molecule has 44 heavy (non-hydrogen) atoms. The van der Waals surface area contributed by atoms with Gasteiger partial charge >= 0.3 is 12.0 Å². The molecule has 1 aliphatic heterocycles. The van der Waals surface area contributed by atoms with Crippen LogP contribution >= 0.6 is 0 Å². The Kier molecular flexibility index (Phi) is 9.29. The number of ether oxygens (including phenoxy) is 2. The van der Waals surface area contributed by atoms with Crippen LogP contribution in [0.3, 0.4) is 0 Å². The minimum absolute atomic E-state index is 0.111. The normalized spacial score (nSPS) is 15.8. The predicted octanol–water partition coefficient (Wildman–Crippen LogP) is 6.63. The Morgan fingerprint density at radius 2 is 1.39 bits per heavy atom. The van der Waals surface area contributed by atoms with Gasteiger partial charge in [0.2, 0.25) is 5.91 Å². The molecule has 2 unspecified atom stereocenters. The lowest BCUT2D eigenvalue weighted by molar-refractivity contribution is -0.168. The molecule has 0 saturated carbocycles. The minimum Gasteiger partial charge on any atom is -0.494 e. The number of carboxylic acids is 1. The van der Waals surface area contributed by atoms with Gasteiger partial charge < -0.3 is 19.5 Å². The van der Waals surface area contributed by atoms with Crippen LogP contribution in [0.5, 0.6) is 11.5 Å². The lowest BCUT2D eigenvalue weighted by atomic mass is 9.88. The molecule has 0 spiro atoms. The fourth-order valence-electron chi connectivity index (χ4n) is 5.24. The Labute approximate surface area is 257 Å². The summed E-state index contributed by atoms with van der Waals surface area (Å²) in [6.45, 7) is 6.99. The SMILES string of the molecule is CCOc1ccccc1CC1C(=O)N(C(=O)N(Cc2ccc(C)cc2)Cc2ccc(C)cc2)C1Oc1ccc(C(=O)O)cc1. The number of amides is 3. The van der Waals surface area contributed by atoms with Crippen molar-refractivity contribution in [1.82, 2.24) is 9.80 Å². The van der Waals surface area contributed by atoms with E-state index in [1.54, 1.807) is 4.90 Å². The maximum Gasteiger partial charge on any atom is 0.335 e. The summed E-state index contributed by atoms with van der Waals surface area (Å²) in [5.74, 6) is -1.01. The second kappa shape index (κ2) is 13.5. The number of urea groups is 1. The number of β-lactam (4-membered cyclic amide) rings is 1. The number of imide groups is 1. The topological polar surface area (TPSA) is 96.4 Å². The number of carbonyl (C=O) groups is 3. The van der Waals surface area contributed by atoms with Crippen molar-refractivity contribution in [3.05, 3.63) is 130 Å². The predicted molar refractivity (Wildman–Crippen MR) is 166 cm³/mol. The van der Waals surface area contributed by atoms with Gasteiger partial charge in [0.1, 0.15) is 11.5 Å². The first-order chi connectivity index (χ1) is 21.2. The van der Waals surface area contributed by atoms with Crippen LogP contribution < -0.4 is 9.47 Å². The number of carbonyl (C=O) groups excluding carboxylic acids is 2. The fraction of sp³-hybridized carbons (Fsp3) is 0.250. The van der Waals surface area contributed by atoms with Crippen LogP contribution in [-0.4, -0.2) is 45.6 Å². The van der Waals surface area contributed by atoms with Crippen LogP contribution in [0.4, 0.5) is 4.79 Å². The Hall–Kier alpha value is -5.11. The Bertz CT molecular complexity index is 1570. The van der Waals surface area contributed by atoms with E-state index in [0.717, 1.165) is 27.8 Å². The number of hydrogen-bond donors (Lipinski definition) is 1. The highest BCUT2D eigenvalue weighted by Crippen LogP contribution is 2.36. The number of likely N-dealkylation sites (tertiary alicyclic amines) is 1.